The fourth-order valence-electron chi connectivity index (χ4n) is 3.36. The quantitative estimate of drug-likeness (QED) is 0.681. The summed E-state index contributed by atoms with van der Waals surface area (Å²) in [5.74, 6) is -2.63. The molecule has 2 aromatic carbocycles. The van der Waals surface area contributed by atoms with Gasteiger partial charge >= 0.3 is 11.9 Å². The van der Waals surface area contributed by atoms with Crippen molar-refractivity contribution in [2.75, 3.05) is 6.61 Å². The summed E-state index contributed by atoms with van der Waals surface area (Å²) in [6.45, 7) is 3.53. The molecule has 2 aromatic rings. The highest BCUT2D eigenvalue weighted by Gasteiger charge is 2.33. The Hall–Kier alpha value is -3.06. The van der Waals surface area contributed by atoms with Crippen molar-refractivity contribution in [2.45, 2.75) is 38.8 Å². The highest BCUT2D eigenvalue weighted by molar-refractivity contribution is 6.32. The lowest BCUT2D eigenvalue weighted by Gasteiger charge is -2.24. The van der Waals surface area contributed by atoms with E-state index in [-0.39, 0.29) is 35.3 Å². The summed E-state index contributed by atoms with van der Waals surface area (Å²) in [7, 11) is 0. The first-order valence-electron chi connectivity index (χ1n) is 9.58. The van der Waals surface area contributed by atoms with Crippen LogP contribution in [0.15, 0.2) is 36.4 Å². The monoisotopic (exact) mass is 431 g/mol. The Balaban J connectivity index is 1.90. The zero-order chi connectivity index (χ0) is 21.8. The Kier molecular flexibility index (Phi) is 6.62. The van der Waals surface area contributed by atoms with Gasteiger partial charge in [0.15, 0.2) is 0 Å². The van der Waals surface area contributed by atoms with E-state index < -0.39 is 29.6 Å². The van der Waals surface area contributed by atoms with E-state index in [9.17, 15) is 19.5 Å². The molecule has 0 spiro atoms. The van der Waals surface area contributed by atoms with Crippen LogP contribution < -0.4 is 5.32 Å². The zero-order valence-corrected chi connectivity index (χ0v) is 17.4. The van der Waals surface area contributed by atoms with Crippen molar-refractivity contribution < 1.29 is 29.0 Å². The van der Waals surface area contributed by atoms with Crippen molar-refractivity contribution in [1.29, 1.82) is 0 Å². The average molecular weight is 432 g/mol. The van der Waals surface area contributed by atoms with E-state index in [0.717, 1.165) is 5.56 Å². The number of hydrogen-bond acceptors (Lipinski definition) is 6. The second kappa shape index (κ2) is 9.17. The van der Waals surface area contributed by atoms with Crippen LogP contribution >= 0.6 is 11.6 Å². The fourth-order valence-corrected chi connectivity index (χ4v) is 3.65. The van der Waals surface area contributed by atoms with Gasteiger partial charge in [0, 0.05) is 17.9 Å². The normalized spacial score (nSPS) is 16.2. The van der Waals surface area contributed by atoms with Crippen LogP contribution in [0.1, 0.15) is 45.7 Å². The van der Waals surface area contributed by atoms with E-state index in [4.69, 9.17) is 21.1 Å². The highest BCUT2D eigenvalue weighted by Crippen LogP contribution is 2.36. The number of carbonyl (C=O) groups excluding carboxylic acids is 3. The molecule has 0 bridgehead atoms. The molecular formula is C22H22ClNO6. The maximum Gasteiger partial charge on any atom is 0.342 e. The summed E-state index contributed by atoms with van der Waals surface area (Å²) in [6, 6.07) is 9.43. The molecule has 1 heterocycles. The summed E-state index contributed by atoms with van der Waals surface area (Å²) in [6.07, 6.45) is 0.139. The third-order valence-corrected chi connectivity index (χ3v) is 5.10. The predicted molar refractivity (Wildman–Crippen MR) is 110 cm³/mol. The lowest BCUT2D eigenvalue weighted by atomic mass is 9.95. The standard InChI is InChI=1S/C22H22ClNO6/c1-3-29-21(27)17(10-13-7-5-4-6-8-13)24-20(26)15-11-16(23)14-9-12(2)30-22(28)18(14)19(15)25/h4-8,11-12,17,25H,3,9-10H2,1-2H3,(H,24,26). The van der Waals surface area contributed by atoms with E-state index >= 15 is 0 Å². The molecule has 158 valence electrons. The molecule has 0 aromatic heterocycles. The van der Waals surface area contributed by atoms with Crippen molar-refractivity contribution in [3.05, 3.63) is 63.7 Å². The molecule has 1 aliphatic heterocycles. The number of nitrogens with one attached hydrogen (secondary N) is 1. The molecule has 0 saturated heterocycles. The molecule has 8 heteroatoms. The van der Waals surface area contributed by atoms with Crippen molar-refractivity contribution >= 4 is 29.4 Å². The number of phenolic OH excluding ortho intramolecular Hbond substituents is 1. The molecule has 7 nitrogen and oxygen atoms in total. The molecule has 1 aliphatic rings. The van der Waals surface area contributed by atoms with Crippen LogP contribution in [0.2, 0.25) is 5.02 Å². The fraction of sp³-hybridized carbons (Fsp3) is 0.318. The number of cyclic esters (lactones) is 1. The van der Waals surface area contributed by atoms with E-state index in [1.165, 1.54) is 6.07 Å². The maximum atomic E-state index is 12.9. The molecule has 1 amide bonds. The van der Waals surface area contributed by atoms with Crippen LogP contribution in [-0.2, 0) is 27.1 Å². The number of rotatable bonds is 6. The molecule has 0 saturated carbocycles. The molecule has 0 radical (unpaired) electrons. The lowest BCUT2D eigenvalue weighted by Crippen LogP contribution is -2.43. The number of hydrogen-bond donors (Lipinski definition) is 2. The summed E-state index contributed by atoms with van der Waals surface area (Å²) in [4.78, 5) is 37.5. The Morgan fingerprint density at radius 2 is 2.03 bits per heavy atom. The third kappa shape index (κ3) is 4.57. The maximum absolute atomic E-state index is 12.9. The zero-order valence-electron chi connectivity index (χ0n) is 16.6. The number of esters is 2. The van der Waals surface area contributed by atoms with Crippen molar-refractivity contribution in [3.63, 3.8) is 0 Å². The van der Waals surface area contributed by atoms with Crippen LogP contribution in [0.5, 0.6) is 5.75 Å². The first-order chi connectivity index (χ1) is 14.3. The molecule has 2 N–H and O–H groups in total. The summed E-state index contributed by atoms with van der Waals surface area (Å²) in [5, 5.41) is 13.3. The first kappa shape index (κ1) is 21.6. The van der Waals surface area contributed by atoms with E-state index in [2.05, 4.69) is 5.32 Å². The molecule has 0 fully saturated rings. The summed E-state index contributed by atoms with van der Waals surface area (Å²) < 4.78 is 10.2. The van der Waals surface area contributed by atoms with Crippen LogP contribution in [0.3, 0.4) is 0 Å². The Morgan fingerprint density at radius 1 is 1.33 bits per heavy atom. The molecule has 3 rings (SSSR count). The molecular weight excluding hydrogens is 410 g/mol. The minimum atomic E-state index is -0.985. The van der Waals surface area contributed by atoms with E-state index in [0.29, 0.717) is 12.0 Å². The van der Waals surface area contributed by atoms with Crippen molar-refractivity contribution in [1.82, 2.24) is 5.32 Å². The number of ether oxygens (including phenoxy) is 2. The van der Waals surface area contributed by atoms with Gasteiger partial charge in [-0.3, -0.25) is 4.79 Å². The molecule has 30 heavy (non-hydrogen) atoms. The van der Waals surface area contributed by atoms with Crippen LogP contribution in [0, 0.1) is 0 Å². The average Bonchev–Trinajstić information content (AvgIpc) is 2.70. The SMILES string of the molecule is CCOC(=O)C(Cc1ccccc1)NC(=O)c1cc(Cl)c2c(c1O)C(=O)OC(C)C2. The van der Waals surface area contributed by atoms with Gasteiger partial charge in [0.1, 0.15) is 23.5 Å². The van der Waals surface area contributed by atoms with Crippen LogP contribution in [0.25, 0.3) is 0 Å². The van der Waals surface area contributed by atoms with Crippen LogP contribution in [0.4, 0.5) is 0 Å². The summed E-state index contributed by atoms with van der Waals surface area (Å²) >= 11 is 6.28. The Bertz CT molecular complexity index is 975. The van der Waals surface area contributed by atoms with E-state index in [1.807, 2.05) is 30.3 Å². The third-order valence-electron chi connectivity index (χ3n) is 4.76. The number of amides is 1. The number of aromatic hydroxyl groups is 1. The van der Waals surface area contributed by atoms with Gasteiger partial charge in [-0.25, -0.2) is 9.59 Å². The van der Waals surface area contributed by atoms with Gasteiger partial charge in [-0.15, -0.1) is 0 Å². The van der Waals surface area contributed by atoms with Gasteiger partial charge in [0.2, 0.25) is 0 Å². The summed E-state index contributed by atoms with van der Waals surface area (Å²) in [5.41, 5.74) is 0.913. The lowest BCUT2D eigenvalue weighted by molar-refractivity contribution is -0.145. The number of phenols is 1. The smallest absolute Gasteiger partial charge is 0.342 e. The topological polar surface area (TPSA) is 102 Å². The van der Waals surface area contributed by atoms with Gasteiger partial charge < -0.3 is 19.9 Å². The van der Waals surface area contributed by atoms with Gasteiger partial charge in [-0.2, -0.15) is 0 Å². The van der Waals surface area contributed by atoms with Gasteiger partial charge in [0.25, 0.3) is 5.91 Å². The first-order valence-corrected chi connectivity index (χ1v) is 9.96. The van der Waals surface area contributed by atoms with Gasteiger partial charge in [-0.05, 0) is 31.0 Å². The minimum absolute atomic E-state index is 0.124. The Labute approximate surface area is 178 Å². The van der Waals surface area contributed by atoms with Crippen molar-refractivity contribution in [2.24, 2.45) is 0 Å². The Morgan fingerprint density at radius 3 is 2.70 bits per heavy atom. The second-order valence-electron chi connectivity index (χ2n) is 7.00. The highest BCUT2D eigenvalue weighted by atomic mass is 35.5. The largest absolute Gasteiger partial charge is 0.506 e. The molecule has 2 atom stereocenters. The number of fused-ring (bicyclic) bond motifs is 1. The number of halogens is 1. The minimum Gasteiger partial charge on any atom is -0.506 e. The second-order valence-corrected chi connectivity index (χ2v) is 7.40. The van der Waals surface area contributed by atoms with E-state index in [1.54, 1.807) is 13.8 Å². The van der Waals surface area contributed by atoms with Gasteiger partial charge in [0.05, 0.1) is 12.2 Å². The number of carbonyl (C=O) groups is 3. The number of benzene rings is 2. The van der Waals surface area contributed by atoms with Gasteiger partial charge in [-0.1, -0.05) is 41.9 Å². The van der Waals surface area contributed by atoms with Crippen LogP contribution in [-0.4, -0.2) is 41.7 Å². The molecule has 2 unspecified atom stereocenters. The van der Waals surface area contributed by atoms with Crippen molar-refractivity contribution in [3.8, 4) is 5.75 Å². The predicted octanol–water partition coefficient (Wildman–Crippen LogP) is 3.05. The molecule has 0 aliphatic carbocycles.